The number of aromatic amines is 1. The van der Waals surface area contributed by atoms with Crippen molar-refractivity contribution in [1.29, 1.82) is 0 Å². The molecule has 0 saturated carbocycles. The number of carboxylic acids is 1. The minimum Gasteiger partial charge on any atom is -0.544 e. The van der Waals surface area contributed by atoms with Crippen molar-refractivity contribution in [2.24, 2.45) is 0 Å². The monoisotopic (exact) mass is 379 g/mol. The molecule has 3 rings (SSSR count). The molecule has 2 aromatic heterocycles. The van der Waals surface area contributed by atoms with Crippen LogP contribution in [0.1, 0.15) is 32.2 Å². The Labute approximate surface area is 148 Å². The van der Waals surface area contributed by atoms with E-state index in [2.05, 4.69) is 9.97 Å². The van der Waals surface area contributed by atoms with Gasteiger partial charge in [-0.15, -0.1) is 11.3 Å². The molecule has 0 bridgehead atoms. The van der Waals surface area contributed by atoms with Gasteiger partial charge in [0, 0.05) is 0 Å². The van der Waals surface area contributed by atoms with Crippen LogP contribution in [0.25, 0.3) is 22.4 Å². The van der Waals surface area contributed by atoms with Crippen molar-refractivity contribution in [3.05, 3.63) is 62.0 Å². The first-order valence-electron chi connectivity index (χ1n) is 7.27. The number of aromatic carboxylic acids is 1. The highest BCUT2D eigenvalue weighted by molar-refractivity contribution is 7.20. The zero-order valence-corrected chi connectivity index (χ0v) is 14.0. The molecule has 0 radical (unpaired) electrons. The van der Waals surface area contributed by atoms with Crippen LogP contribution in [0.15, 0.2) is 29.1 Å². The summed E-state index contributed by atoms with van der Waals surface area (Å²) in [5.41, 5.74) is -0.481. The molecule has 5 nitrogen and oxygen atoms in total. The van der Waals surface area contributed by atoms with Crippen molar-refractivity contribution in [3.63, 3.8) is 0 Å². The van der Waals surface area contributed by atoms with E-state index in [0.717, 1.165) is 23.5 Å². The van der Waals surface area contributed by atoms with Crippen LogP contribution in [-0.4, -0.2) is 15.9 Å². The van der Waals surface area contributed by atoms with E-state index in [1.165, 1.54) is 31.2 Å². The molecule has 1 aromatic carbocycles. The van der Waals surface area contributed by atoms with Crippen LogP contribution in [0.5, 0.6) is 0 Å². The molecule has 9 heteroatoms. The summed E-state index contributed by atoms with van der Waals surface area (Å²) in [6.07, 6.45) is -1.49. The summed E-state index contributed by atoms with van der Waals surface area (Å²) in [4.78, 5) is 30.1. The molecule has 0 unspecified atom stereocenters. The van der Waals surface area contributed by atoms with E-state index in [-0.39, 0.29) is 26.5 Å². The Balaban J connectivity index is 1.95. The maximum Gasteiger partial charge on any atom is 0.416 e. The summed E-state index contributed by atoms with van der Waals surface area (Å²) in [6, 6.07) is 4.49. The van der Waals surface area contributed by atoms with E-state index >= 15 is 0 Å². The summed E-state index contributed by atoms with van der Waals surface area (Å²) in [7, 11) is 0. The van der Waals surface area contributed by atoms with Gasteiger partial charge in [0.05, 0.1) is 21.8 Å². The number of H-pyrrole nitrogens is 1. The molecule has 0 saturated heterocycles. The quantitative estimate of drug-likeness (QED) is 0.758. The molecule has 0 aliphatic rings. The fraction of sp³-hybridized carbons (Fsp3) is 0.118. The van der Waals surface area contributed by atoms with Gasteiger partial charge in [-0.05, 0) is 36.3 Å². The highest BCUT2D eigenvalue weighted by Gasteiger charge is 2.29. The van der Waals surface area contributed by atoms with Crippen LogP contribution in [0.3, 0.4) is 0 Å². The SMILES string of the molecule is Cc1c(C(=O)[O-])sc2nc(/C=C/c3ccc(C(F)(F)F)cc3)[nH]c(=O)c12. The molecule has 0 atom stereocenters. The highest BCUT2D eigenvalue weighted by Crippen LogP contribution is 2.29. The van der Waals surface area contributed by atoms with Crippen molar-refractivity contribution in [2.75, 3.05) is 0 Å². The molecule has 3 aromatic rings. The fourth-order valence-corrected chi connectivity index (χ4v) is 3.42. The van der Waals surface area contributed by atoms with Crippen LogP contribution < -0.4 is 10.7 Å². The third kappa shape index (κ3) is 3.38. The van der Waals surface area contributed by atoms with Crippen LogP contribution in [0.4, 0.5) is 13.2 Å². The van der Waals surface area contributed by atoms with Gasteiger partial charge in [0.15, 0.2) is 0 Å². The van der Waals surface area contributed by atoms with Gasteiger partial charge in [-0.2, -0.15) is 13.2 Å². The Kier molecular flexibility index (Phi) is 4.41. The molecule has 0 spiro atoms. The lowest BCUT2D eigenvalue weighted by Crippen LogP contribution is -2.21. The van der Waals surface area contributed by atoms with Gasteiger partial charge < -0.3 is 14.9 Å². The van der Waals surface area contributed by atoms with Crippen molar-refractivity contribution < 1.29 is 23.1 Å². The molecule has 1 N–H and O–H groups in total. The van der Waals surface area contributed by atoms with Crippen molar-refractivity contribution >= 4 is 39.7 Å². The zero-order valence-electron chi connectivity index (χ0n) is 13.2. The van der Waals surface area contributed by atoms with E-state index in [1.807, 2.05) is 0 Å². The molecular formula is C17H10F3N2O3S-. The third-order valence-electron chi connectivity index (χ3n) is 3.68. The number of carbonyl (C=O) groups excluding carboxylic acids is 1. The number of aryl methyl sites for hydroxylation is 1. The lowest BCUT2D eigenvalue weighted by atomic mass is 10.1. The number of thiophene rings is 1. The maximum atomic E-state index is 12.5. The number of aromatic nitrogens is 2. The van der Waals surface area contributed by atoms with Crippen molar-refractivity contribution in [1.82, 2.24) is 9.97 Å². The van der Waals surface area contributed by atoms with E-state index in [0.29, 0.717) is 5.56 Å². The average Bonchev–Trinajstić information content (AvgIpc) is 2.90. The minimum atomic E-state index is -4.41. The first kappa shape index (κ1) is 17.9. The van der Waals surface area contributed by atoms with Gasteiger partial charge in [0.2, 0.25) is 0 Å². The normalized spacial score (nSPS) is 12.2. The third-order valence-corrected chi connectivity index (χ3v) is 4.84. The number of carbonyl (C=O) groups is 1. The van der Waals surface area contributed by atoms with Gasteiger partial charge in [0.1, 0.15) is 10.7 Å². The second kappa shape index (κ2) is 6.41. The Morgan fingerprint density at radius 1 is 1.23 bits per heavy atom. The summed E-state index contributed by atoms with van der Waals surface area (Å²) < 4.78 is 37.6. The van der Waals surface area contributed by atoms with E-state index in [1.54, 1.807) is 0 Å². The molecule has 134 valence electrons. The first-order valence-corrected chi connectivity index (χ1v) is 8.08. The standard InChI is InChI=1S/C17H11F3N2O3S/c1-8-12-14(23)21-11(22-15(12)26-13(8)16(24)25)7-4-9-2-5-10(6-3-9)17(18,19)20/h2-7H,1H3,(H,24,25)(H,21,22,23)/p-1/b7-4+. The maximum absolute atomic E-state index is 12.5. The molecule has 0 fully saturated rings. The van der Waals surface area contributed by atoms with Crippen molar-refractivity contribution in [3.8, 4) is 0 Å². The Morgan fingerprint density at radius 2 is 1.88 bits per heavy atom. The molecule has 0 amide bonds. The van der Waals surface area contributed by atoms with E-state index in [9.17, 15) is 27.9 Å². The van der Waals surface area contributed by atoms with E-state index in [4.69, 9.17) is 0 Å². The Hall–Kier alpha value is -2.94. The van der Waals surface area contributed by atoms with Crippen LogP contribution >= 0.6 is 11.3 Å². The number of carboxylic acid groups (broad SMARTS) is 1. The zero-order chi connectivity index (χ0) is 19.1. The second-order valence-electron chi connectivity index (χ2n) is 5.43. The van der Waals surface area contributed by atoms with Gasteiger partial charge >= 0.3 is 6.18 Å². The summed E-state index contributed by atoms with van der Waals surface area (Å²) in [6.45, 7) is 1.50. The average molecular weight is 379 g/mol. The van der Waals surface area contributed by atoms with Crippen LogP contribution in [-0.2, 0) is 6.18 Å². The Morgan fingerprint density at radius 3 is 2.46 bits per heavy atom. The first-order chi connectivity index (χ1) is 12.2. The topological polar surface area (TPSA) is 85.9 Å². The number of halogens is 3. The number of fused-ring (bicyclic) bond motifs is 1. The molecule has 26 heavy (non-hydrogen) atoms. The number of benzene rings is 1. The summed E-state index contributed by atoms with van der Waals surface area (Å²) in [5, 5.41) is 11.2. The van der Waals surface area contributed by atoms with Crippen molar-refractivity contribution in [2.45, 2.75) is 13.1 Å². The van der Waals surface area contributed by atoms with Gasteiger partial charge in [-0.3, -0.25) is 4.79 Å². The number of alkyl halides is 3. The lowest BCUT2D eigenvalue weighted by molar-refractivity contribution is -0.254. The number of hydrogen-bond acceptors (Lipinski definition) is 5. The number of nitrogens with one attached hydrogen (secondary N) is 1. The van der Waals surface area contributed by atoms with Gasteiger partial charge in [0.25, 0.3) is 5.56 Å². The second-order valence-corrected chi connectivity index (χ2v) is 6.43. The summed E-state index contributed by atoms with van der Waals surface area (Å²) in [5.74, 6) is -1.22. The molecule has 2 heterocycles. The Bertz CT molecular complexity index is 1080. The van der Waals surface area contributed by atoms with E-state index < -0.39 is 23.3 Å². The van der Waals surface area contributed by atoms with Gasteiger partial charge in [-0.1, -0.05) is 18.2 Å². The number of rotatable bonds is 3. The minimum absolute atomic E-state index is 0.0677. The largest absolute Gasteiger partial charge is 0.544 e. The fourth-order valence-electron chi connectivity index (χ4n) is 2.39. The van der Waals surface area contributed by atoms with Crippen LogP contribution in [0, 0.1) is 6.92 Å². The predicted octanol–water partition coefficient (Wildman–Crippen LogP) is 2.85. The summed E-state index contributed by atoms with van der Waals surface area (Å²) >= 11 is 0.835. The highest BCUT2D eigenvalue weighted by atomic mass is 32.1. The number of hydrogen-bond donors (Lipinski definition) is 1. The molecule has 0 aliphatic heterocycles. The number of nitrogens with zero attached hydrogens (tertiary/aromatic N) is 1. The predicted molar refractivity (Wildman–Crippen MR) is 89.7 cm³/mol. The molecular weight excluding hydrogens is 369 g/mol. The van der Waals surface area contributed by atoms with Crippen LogP contribution in [0.2, 0.25) is 0 Å². The lowest BCUT2D eigenvalue weighted by Gasteiger charge is -2.05. The van der Waals surface area contributed by atoms with Gasteiger partial charge in [-0.25, -0.2) is 4.98 Å². The molecule has 0 aliphatic carbocycles. The smallest absolute Gasteiger partial charge is 0.416 e.